The molecule has 2 unspecified atom stereocenters. The van der Waals surface area contributed by atoms with E-state index in [2.05, 4.69) is 5.32 Å². The Labute approximate surface area is 216 Å². The van der Waals surface area contributed by atoms with Gasteiger partial charge in [0.2, 0.25) is 0 Å². The van der Waals surface area contributed by atoms with E-state index in [9.17, 15) is 39.9 Å². The lowest BCUT2D eigenvalue weighted by molar-refractivity contribution is -0.0507. The van der Waals surface area contributed by atoms with Gasteiger partial charge < -0.3 is 10.4 Å². The first kappa shape index (κ1) is 27.8. The number of sulfone groups is 1. The fourth-order valence-electron chi connectivity index (χ4n) is 5.32. The minimum atomic E-state index is -4.12. The summed E-state index contributed by atoms with van der Waals surface area (Å²) in [5.41, 5.74) is -2.05. The molecule has 2 aliphatic carbocycles. The summed E-state index contributed by atoms with van der Waals surface area (Å²) in [6.45, 7) is -0.480. The molecule has 0 heterocycles. The van der Waals surface area contributed by atoms with E-state index in [-0.39, 0.29) is 34.0 Å². The fraction of sp³-hybridized carbons (Fsp3) is 0.435. The van der Waals surface area contributed by atoms with Gasteiger partial charge in [-0.15, -0.1) is 0 Å². The van der Waals surface area contributed by atoms with E-state index < -0.39 is 72.6 Å². The summed E-state index contributed by atoms with van der Waals surface area (Å²) in [6, 6.07) is 4.65. The molecule has 0 saturated heterocycles. The van der Waals surface area contributed by atoms with Crippen molar-refractivity contribution in [1.29, 1.82) is 0 Å². The molecule has 2 aliphatic rings. The van der Waals surface area contributed by atoms with Gasteiger partial charge in [0.05, 0.1) is 33.6 Å². The summed E-state index contributed by atoms with van der Waals surface area (Å²) in [5.74, 6) is -6.63. The Morgan fingerprint density at radius 2 is 1.65 bits per heavy atom. The number of rotatable bonds is 7. The number of anilines is 1. The van der Waals surface area contributed by atoms with Crippen molar-refractivity contribution in [2.45, 2.75) is 41.4 Å². The van der Waals surface area contributed by atoms with E-state index in [0.717, 1.165) is 12.3 Å². The average molecular weight is 582 g/mol. The topological polar surface area (TPSA) is 127 Å². The van der Waals surface area contributed by atoms with Crippen molar-refractivity contribution in [3.05, 3.63) is 58.4 Å². The number of carbonyl (C=O) groups excluding carboxylic acids is 1. The van der Waals surface area contributed by atoms with Gasteiger partial charge in [0.1, 0.15) is 0 Å². The van der Waals surface area contributed by atoms with Crippen molar-refractivity contribution in [3.8, 4) is 0 Å². The van der Waals surface area contributed by atoms with Crippen molar-refractivity contribution < 1.29 is 44.1 Å². The standard InChI is InChI=1S/C23H23ClF3NO7S2/c1-36(31,32)35-11-23(30)9-13-2-3-14(10-23)21(13)37(33,34)19-6-12(4-5-16(19)24)22(29)28-15-7-17(25)20(27)18(26)8-15/h4-8,13-14,21,30H,2-3,9-11H2,1H3,(H,28,29)/t13?,14?,21-,23-. The Morgan fingerprint density at radius 1 is 1.08 bits per heavy atom. The lowest BCUT2D eigenvalue weighted by atomic mass is 9.77. The molecule has 37 heavy (non-hydrogen) atoms. The van der Waals surface area contributed by atoms with Gasteiger partial charge in [-0.2, -0.15) is 8.42 Å². The second-order valence-corrected chi connectivity index (χ2v) is 13.7. The van der Waals surface area contributed by atoms with Gasteiger partial charge in [0.15, 0.2) is 27.3 Å². The Morgan fingerprint density at radius 3 is 2.19 bits per heavy atom. The van der Waals surface area contributed by atoms with Crippen LogP contribution in [0, 0.1) is 29.3 Å². The van der Waals surface area contributed by atoms with E-state index >= 15 is 0 Å². The number of aliphatic hydroxyl groups is 1. The van der Waals surface area contributed by atoms with E-state index in [1.54, 1.807) is 0 Å². The van der Waals surface area contributed by atoms with Crippen LogP contribution in [0.15, 0.2) is 35.2 Å². The van der Waals surface area contributed by atoms with Gasteiger partial charge in [0.25, 0.3) is 16.0 Å². The maximum Gasteiger partial charge on any atom is 0.264 e. The molecule has 2 aromatic carbocycles. The van der Waals surface area contributed by atoms with Crippen LogP contribution < -0.4 is 5.32 Å². The van der Waals surface area contributed by atoms with Crippen molar-refractivity contribution in [1.82, 2.24) is 0 Å². The highest BCUT2D eigenvalue weighted by Gasteiger charge is 2.54. The Bertz CT molecular complexity index is 1430. The largest absolute Gasteiger partial charge is 0.387 e. The molecule has 2 bridgehead atoms. The molecule has 0 spiro atoms. The molecule has 4 rings (SSSR count). The molecular weight excluding hydrogens is 559 g/mol. The van der Waals surface area contributed by atoms with Crippen LogP contribution >= 0.6 is 11.6 Å². The smallest absolute Gasteiger partial charge is 0.264 e. The number of carbonyl (C=O) groups is 1. The molecule has 0 radical (unpaired) electrons. The molecule has 202 valence electrons. The second kappa shape index (κ2) is 9.84. The molecule has 14 heteroatoms. The number of fused-ring (bicyclic) bond motifs is 2. The monoisotopic (exact) mass is 581 g/mol. The highest BCUT2D eigenvalue weighted by molar-refractivity contribution is 7.92. The highest BCUT2D eigenvalue weighted by atomic mass is 35.5. The van der Waals surface area contributed by atoms with Crippen LogP contribution in [-0.4, -0.2) is 51.6 Å². The summed E-state index contributed by atoms with van der Waals surface area (Å²) in [4.78, 5) is 12.4. The van der Waals surface area contributed by atoms with Crippen LogP contribution in [0.25, 0.3) is 0 Å². The lowest BCUT2D eigenvalue weighted by Gasteiger charge is -2.40. The predicted octanol–water partition coefficient (Wildman–Crippen LogP) is 3.68. The third-order valence-electron chi connectivity index (χ3n) is 6.76. The van der Waals surface area contributed by atoms with Crippen molar-refractivity contribution in [3.63, 3.8) is 0 Å². The Hall–Kier alpha value is -2.19. The van der Waals surface area contributed by atoms with Gasteiger partial charge in [-0.3, -0.25) is 8.98 Å². The first-order chi connectivity index (χ1) is 17.1. The van der Waals surface area contributed by atoms with Crippen LogP contribution in [0.4, 0.5) is 18.9 Å². The quantitative estimate of drug-likeness (QED) is 0.377. The van der Waals surface area contributed by atoms with Crippen LogP contribution in [-0.2, 0) is 24.1 Å². The van der Waals surface area contributed by atoms with Crippen LogP contribution in [0.5, 0.6) is 0 Å². The van der Waals surface area contributed by atoms with Crippen molar-refractivity contribution in [2.75, 3.05) is 18.2 Å². The third kappa shape index (κ3) is 5.80. The average Bonchev–Trinajstić information content (AvgIpc) is 3.09. The molecule has 0 aliphatic heterocycles. The van der Waals surface area contributed by atoms with Gasteiger partial charge in [-0.1, -0.05) is 11.6 Å². The summed E-state index contributed by atoms with van der Waals surface area (Å²) in [7, 11) is -7.92. The first-order valence-corrected chi connectivity index (χ1v) is 14.9. The molecule has 2 N–H and O–H groups in total. The minimum Gasteiger partial charge on any atom is -0.387 e. The molecule has 2 fully saturated rings. The zero-order chi connectivity index (χ0) is 27.3. The maximum absolute atomic E-state index is 13.7. The van der Waals surface area contributed by atoms with E-state index in [1.807, 2.05) is 0 Å². The summed E-state index contributed by atoms with van der Waals surface area (Å²) < 4.78 is 95.1. The number of amides is 1. The van der Waals surface area contributed by atoms with Crippen LogP contribution in [0.2, 0.25) is 5.02 Å². The number of hydrogen-bond donors (Lipinski definition) is 2. The highest BCUT2D eigenvalue weighted by Crippen LogP contribution is 2.51. The summed E-state index contributed by atoms with van der Waals surface area (Å²) in [6.07, 6.45) is 1.82. The molecule has 1 amide bonds. The lowest BCUT2D eigenvalue weighted by Crippen LogP contribution is -2.48. The van der Waals surface area contributed by atoms with E-state index in [4.69, 9.17) is 15.8 Å². The van der Waals surface area contributed by atoms with Crippen LogP contribution in [0.1, 0.15) is 36.0 Å². The maximum atomic E-state index is 13.7. The van der Waals surface area contributed by atoms with Gasteiger partial charge >= 0.3 is 0 Å². The van der Waals surface area contributed by atoms with E-state index in [0.29, 0.717) is 25.0 Å². The summed E-state index contributed by atoms with van der Waals surface area (Å²) >= 11 is 6.21. The second-order valence-electron chi connectivity index (χ2n) is 9.56. The van der Waals surface area contributed by atoms with Gasteiger partial charge in [-0.25, -0.2) is 21.6 Å². The first-order valence-electron chi connectivity index (χ1n) is 11.2. The normalized spacial score (nSPS) is 25.7. The Balaban J connectivity index is 1.58. The van der Waals surface area contributed by atoms with Crippen molar-refractivity contribution in [2.24, 2.45) is 11.8 Å². The molecular formula is C23H23ClF3NO7S2. The number of hydrogen-bond acceptors (Lipinski definition) is 7. The number of nitrogens with one attached hydrogen (secondary N) is 1. The van der Waals surface area contributed by atoms with Crippen LogP contribution in [0.3, 0.4) is 0 Å². The molecule has 0 aromatic heterocycles. The van der Waals surface area contributed by atoms with Gasteiger partial charge in [0, 0.05) is 23.4 Å². The zero-order valence-corrected chi connectivity index (χ0v) is 21.8. The van der Waals surface area contributed by atoms with Crippen molar-refractivity contribution >= 4 is 43.2 Å². The van der Waals surface area contributed by atoms with E-state index in [1.165, 1.54) is 12.1 Å². The molecule has 2 atom stereocenters. The number of benzene rings is 2. The fourth-order valence-corrected chi connectivity index (χ4v) is 8.59. The molecule has 8 nitrogen and oxygen atoms in total. The molecule has 2 saturated carbocycles. The zero-order valence-electron chi connectivity index (χ0n) is 19.4. The predicted molar refractivity (Wildman–Crippen MR) is 128 cm³/mol. The number of halogens is 4. The third-order valence-corrected chi connectivity index (χ3v) is 10.2. The SMILES string of the molecule is CS(=O)(=O)OC[C@]1(O)CC2CCC(C1)[C@H]2S(=O)(=O)c1cc(C(=O)Nc2cc(F)c(F)c(F)c2)ccc1Cl. The molecule has 2 aromatic rings. The minimum absolute atomic E-state index is 0.00239. The Kier molecular flexibility index (Phi) is 7.40. The van der Waals surface area contributed by atoms with Gasteiger partial charge in [-0.05, 0) is 55.7 Å². The summed E-state index contributed by atoms with van der Waals surface area (Å²) in [5, 5.41) is 12.0.